The van der Waals surface area contributed by atoms with Crippen LogP contribution in [0.1, 0.15) is 51.3 Å². The van der Waals surface area contributed by atoms with Gasteiger partial charge in [0.1, 0.15) is 0 Å². The molecule has 0 aliphatic rings. The minimum absolute atomic E-state index is 0.211. The maximum Gasteiger partial charge on any atom is 0.0308 e. The van der Waals surface area contributed by atoms with Gasteiger partial charge < -0.3 is 0 Å². The SMILES string of the molecule is CC.Cc1cncc(C(C)(C)C)c1C. The quantitative estimate of drug-likeness (QED) is 0.606. The Labute approximate surface area is 88.6 Å². The van der Waals surface area contributed by atoms with E-state index in [-0.39, 0.29) is 5.41 Å². The Morgan fingerprint density at radius 1 is 1.00 bits per heavy atom. The van der Waals surface area contributed by atoms with E-state index in [0.29, 0.717) is 0 Å². The first-order valence-electron chi connectivity index (χ1n) is 5.34. The molecule has 1 aromatic rings. The van der Waals surface area contributed by atoms with Gasteiger partial charge in [-0.25, -0.2) is 0 Å². The summed E-state index contributed by atoms with van der Waals surface area (Å²) < 4.78 is 0. The maximum atomic E-state index is 4.21. The average Bonchev–Trinajstić information content (AvgIpc) is 2.11. The van der Waals surface area contributed by atoms with Gasteiger partial charge in [-0.05, 0) is 36.0 Å². The summed E-state index contributed by atoms with van der Waals surface area (Å²) in [6.45, 7) is 14.9. The maximum absolute atomic E-state index is 4.21. The first-order chi connectivity index (χ1) is 6.43. The number of rotatable bonds is 0. The van der Waals surface area contributed by atoms with Crippen molar-refractivity contribution in [3.8, 4) is 0 Å². The number of aryl methyl sites for hydroxylation is 1. The van der Waals surface area contributed by atoms with Crippen molar-refractivity contribution >= 4 is 0 Å². The monoisotopic (exact) mass is 193 g/mol. The van der Waals surface area contributed by atoms with Crippen molar-refractivity contribution in [2.24, 2.45) is 0 Å². The summed E-state index contributed by atoms with van der Waals surface area (Å²) in [6.07, 6.45) is 3.90. The lowest BCUT2D eigenvalue weighted by molar-refractivity contribution is 0.582. The van der Waals surface area contributed by atoms with Crippen LogP contribution < -0.4 is 0 Å². The molecule has 0 aliphatic carbocycles. The highest BCUT2D eigenvalue weighted by atomic mass is 14.6. The van der Waals surface area contributed by atoms with Gasteiger partial charge in [0.15, 0.2) is 0 Å². The fourth-order valence-electron chi connectivity index (χ4n) is 1.39. The lowest BCUT2D eigenvalue weighted by Gasteiger charge is -2.21. The van der Waals surface area contributed by atoms with E-state index in [2.05, 4.69) is 39.6 Å². The molecular weight excluding hydrogens is 170 g/mol. The number of aromatic nitrogens is 1. The van der Waals surface area contributed by atoms with Gasteiger partial charge in [0.25, 0.3) is 0 Å². The van der Waals surface area contributed by atoms with Crippen molar-refractivity contribution in [3.05, 3.63) is 29.1 Å². The highest BCUT2D eigenvalue weighted by Crippen LogP contribution is 2.25. The second kappa shape index (κ2) is 5.14. The van der Waals surface area contributed by atoms with Gasteiger partial charge in [-0.2, -0.15) is 0 Å². The minimum Gasteiger partial charge on any atom is -0.264 e. The molecule has 0 bridgehead atoms. The van der Waals surface area contributed by atoms with Crippen LogP contribution in [0.3, 0.4) is 0 Å². The summed E-state index contributed by atoms with van der Waals surface area (Å²) in [5.74, 6) is 0. The van der Waals surface area contributed by atoms with Gasteiger partial charge in [-0.15, -0.1) is 0 Å². The molecule has 0 unspecified atom stereocenters. The Kier molecular flexibility index (Phi) is 4.82. The van der Waals surface area contributed by atoms with E-state index >= 15 is 0 Å². The summed E-state index contributed by atoms with van der Waals surface area (Å²) in [5, 5.41) is 0. The standard InChI is InChI=1S/C11H17N.C2H6/c1-8-6-12-7-10(9(8)2)11(3,4)5;1-2/h6-7H,1-5H3;1-2H3. The zero-order chi connectivity index (χ0) is 11.4. The van der Waals surface area contributed by atoms with E-state index in [0.717, 1.165) is 0 Å². The van der Waals surface area contributed by atoms with Crippen LogP contribution >= 0.6 is 0 Å². The molecule has 0 aliphatic heterocycles. The number of nitrogens with zero attached hydrogens (tertiary/aromatic N) is 1. The smallest absolute Gasteiger partial charge is 0.0308 e. The highest BCUT2D eigenvalue weighted by molar-refractivity contribution is 5.33. The van der Waals surface area contributed by atoms with Crippen LogP contribution in [0.4, 0.5) is 0 Å². The summed E-state index contributed by atoms with van der Waals surface area (Å²) in [7, 11) is 0. The predicted octanol–water partition coefficient (Wildman–Crippen LogP) is 4.02. The van der Waals surface area contributed by atoms with Gasteiger partial charge in [0.2, 0.25) is 0 Å². The fourth-order valence-corrected chi connectivity index (χ4v) is 1.39. The fraction of sp³-hybridized carbons (Fsp3) is 0.615. The van der Waals surface area contributed by atoms with E-state index in [1.165, 1.54) is 16.7 Å². The zero-order valence-corrected chi connectivity index (χ0v) is 10.6. The van der Waals surface area contributed by atoms with Crippen molar-refractivity contribution in [2.75, 3.05) is 0 Å². The van der Waals surface area contributed by atoms with E-state index < -0.39 is 0 Å². The van der Waals surface area contributed by atoms with Gasteiger partial charge >= 0.3 is 0 Å². The normalized spacial score (nSPS) is 10.5. The van der Waals surface area contributed by atoms with Crippen molar-refractivity contribution in [1.29, 1.82) is 0 Å². The van der Waals surface area contributed by atoms with Crippen LogP contribution in [0.25, 0.3) is 0 Å². The molecule has 0 fully saturated rings. The summed E-state index contributed by atoms with van der Waals surface area (Å²) >= 11 is 0. The molecular formula is C13H23N. The van der Waals surface area contributed by atoms with Gasteiger partial charge in [-0.1, -0.05) is 34.6 Å². The molecule has 1 heterocycles. The molecule has 1 nitrogen and oxygen atoms in total. The average molecular weight is 193 g/mol. The molecule has 0 amide bonds. The molecule has 80 valence electrons. The summed E-state index contributed by atoms with van der Waals surface area (Å²) in [5.41, 5.74) is 4.21. The van der Waals surface area contributed by atoms with Crippen molar-refractivity contribution in [3.63, 3.8) is 0 Å². The highest BCUT2D eigenvalue weighted by Gasteiger charge is 2.16. The van der Waals surface area contributed by atoms with Crippen molar-refractivity contribution < 1.29 is 0 Å². The van der Waals surface area contributed by atoms with Gasteiger partial charge in [0.05, 0.1) is 0 Å². The van der Waals surface area contributed by atoms with Crippen LogP contribution in [0.15, 0.2) is 12.4 Å². The lowest BCUT2D eigenvalue weighted by atomic mass is 9.84. The first-order valence-corrected chi connectivity index (χ1v) is 5.34. The number of hydrogen-bond acceptors (Lipinski definition) is 1. The van der Waals surface area contributed by atoms with Crippen LogP contribution in [0.5, 0.6) is 0 Å². The topological polar surface area (TPSA) is 12.9 Å². The number of hydrogen-bond donors (Lipinski definition) is 0. The second-order valence-corrected chi connectivity index (χ2v) is 4.38. The van der Waals surface area contributed by atoms with Crippen LogP contribution in [-0.2, 0) is 5.41 Å². The van der Waals surface area contributed by atoms with Crippen molar-refractivity contribution in [1.82, 2.24) is 4.98 Å². The molecule has 1 rings (SSSR count). The number of pyridine rings is 1. The Hall–Kier alpha value is -0.850. The molecule has 0 atom stereocenters. The Balaban J connectivity index is 0.000000791. The molecule has 1 aromatic heterocycles. The van der Waals surface area contributed by atoms with Gasteiger partial charge in [-0.3, -0.25) is 4.98 Å². The molecule has 0 aromatic carbocycles. The van der Waals surface area contributed by atoms with Crippen molar-refractivity contribution in [2.45, 2.75) is 53.9 Å². The second-order valence-electron chi connectivity index (χ2n) is 4.38. The molecule has 0 saturated carbocycles. The Morgan fingerprint density at radius 2 is 1.50 bits per heavy atom. The van der Waals surface area contributed by atoms with Gasteiger partial charge in [0, 0.05) is 12.4 Å². The van der Waals surface area contributed by atoms with Crippen LogP contribution in [0.2, 0.25) is 0 Å². The minimum atomic E-state index is 0.211. The molecule has 14 heavy (non-hydrogen) atoms. The third-order valence-electron chi connectivity index (χ3n) is 2.28. The Bertz CT molecular complexity index is 282. The zero-order valence-electron chi connectivity index (χ0n) is 10.6. The first kappa shape index (κ1) is 13.2. The largest absolute Gasteiger partial charge is 0.264 e. The predicted molar refractivity (Wildman–Crippen MR) is 63.8 cm³/mol. The van der Waals surface area contributed by atoms with E-state index in [1.54, 1.807) is 0 Å². The summed E-state index contributed by atoms with van der Waals surface area (Å²) in [4.78, 5) is 4.21. The third kappa shape index (κ3) is 3.13. The van der Waals surface area contributed by atoms with E-state index in [4.69, 9.17) is 0 Å². The van der Waals surface area contributed by atoms with E-state index in [1.807, 2.05) is 26.2 Å². The molecule has 0 radical (unpaired) electrons. The summed E-state index contributed by atoms with van der Waals surface area (Å²) in [6, 6.07) is 0. The van der Waals surface area contributed by atoms with E-state index in [9.17, 15) is 0 Å². The molecule has 0 spiro atoms. The lowest BCUT2D eigenvalue weighted by Crippen LogP contribution is -2.14. The van der Waals surface area contributed by atoms with Crippen LogP contribution in [0, 0.1) is 13.8 Å². The Morgan fingerprint density at radius 3 is 1.86 bits per heavy atom. The molecule has 1 heteroatoms. The molecule has 0 saturated heterocycles. The third-order valence-corrected chi connectivity index (χ3v) is 2.28. The van der Waals surface area contributed by atoms with Crippen LogP contribution in [-0.4, -0.2) is 4.98 Å². The molecule has 0 N–H and O–H groups in total.